The molecule has 142 valence electrons. The summed E-state index contributed by atoms with van der Waals surface area (Å²) in [6, 6.07) is 5.86. The van der Waals surface area contributed by atoms with Crippen LogP contribution in [0.2, 0.25) is 0 Å². The number of hydrogen-bond acceptors (Lipinski definition) is 6. The second kappa shape index (κ2) is 8.24. The van der Waals surface area contributed by atoms with Gasteiger partial charge >= 0.3 is 0 Å². The van der Waals surface area contributed by atoms with Crippen molar-refractivity contribution in [3.05, 3.63) is 50.1 Å². The summed E-state index contributed by atoms with van der Waals surface area (Å²) in [5.74, 6) is 0.463. The third-order valence-electron chi connectivity index (χ3n) is 4.14. The van der Waals surface area contributed by atoms with E-state index in [9.17, 15) is 9.59 Å². The van der Waals surface area contributed by atoms with E-state index >= 15 is 0 Å². The van der Waals surface area contributed by atoms with E-state index in [2.05, 4.69) is 15.3 Å². The fourth-order valence-corrected chi connectivity index (χ4v) is 4.66. The van der Waals surface area contributed by atoms with E-state index in [1.807, 2.05) is 32.0 Å². The monoisotopic (exact) mass is 403 g/mol. The Labute approximate surface area is 165 Å². The summed E-state index contributed by atoms with van der Waals surface area (Å²) in [6.45, 7) is 6.31. The summed E-state index contributed by atoms with van der Waals surface area (Å²) in [4.78, 5) is 33.6. The van der Waals surface area contributed by atoms with Crippen LogP contribution in [0, 0.1) is 20.8 Å². The number of aryl methyl sites for hydroxylation is 3. The number of H-pyrrole nitrogens is 1. The normalized spacial score (nSPS) is 11.1. The zero-order chi connectivity index (χ0) is 19.6. The van der Waals surface area contributed by atoms with Gasteiger partial charge in [0.15, 0.2) is 5.16 Å². The van der Waals surface area contributed by atoms with Gasteiger partial charge in [-0.3, -0.25) is 9.59 Å². The zero-order valence-corrected chi connectivity index (χ0v) is 17.3. The molecule has 0 spiro atoms. The van der Waals surface area contributed by atoms with Crippen LogP contribution in [0.4, 0.5) is 5.69 Å². The van der Waals surface area contributed by atoms with E-state index in [4.69, 9.17) is 4.74 Å². The lowest BCUT2D eigenvalue weighted by molar-refractivity contribution is 0.103. The van der Waals surface area contributed by atoms with Gasteiger partial charge < -0.3 is 15.0 Å². The van der Waals surface area contributed by atoms with Crippen molar-refractivity contribution in [1.82, 2.24) is 9.97 Å². The fourth-order valence-electron chi connectivity index (χ4n) is 2.76. The highest BCUT2D eigenvalue weighted by Gasteiger charge is 2.20. The van der Waals surface area contributed by atoms with Crippen LogP contribution in [0.3, 0.4) is 0 Å². The molecule has 8 heteroatoms. The molecule has 0 aliphatic carbocycles. The van der Waals surface area contributed by atoms with Crippen molar-refractivity contribution in [3.8, 4) is 0 Å². The smallest absolute Gasteiger partial charge is 0.266 e. The SMILES string of the molecule is COCCSc1nc2sc(C(=O)Nc3ccc(C)cc3C)c(C)c2c(=O)[nH]1. The van der Waals surface area contributed by atoms with Crippen LogP contribution in [-0.2, 0) is 4.74 Å². The Balaban J connectivity index is 1.92. The molecule has 1 aromatic carbocycles. The lowest BCUT2D eigenvalue weighted by Gasteiger charge is -2.08. The van der Waals surface area contributed by atoms with Crippen molar-refractivity contribution in [1.29, 1.82) is 0 Å². The second-order valence-corrected chi connectivity index (χ2v) is 8.30. The maximum Gasteiger partial charge on any atom is 0.266 e. The van der Waals surface area contributed by atoms with E-state index in [0.717, 1.165) is 16.8 Å². The molecule has 2 aromatic heterocycles. The van der Waals surface area contributed by atoms with Gasteiger partial charge in [-0.1, -0.05) is 29.5 Å². The first-order chi connectivity index (χ1) is 12.9. The van der Waals surface area contributed by atoms with Crippen molar-refractivity contribution in [3.63, 3.8) is 0 Å². The average Bonchev–Trinajstić information content (AvgIpc) is 2.95. The number of hydrogen-bond donors (Lipinski definition) is 2. The van der Waals surface area contributed by atoms with E-state index in [1.54, 1.807) is 14.0 Å². The van der Waals surface area contributed by atoms with Gasteiger partial charge in [-0.2, -0.15) is 0 Å². The lowest BCUT2D eigenvalue weighted by Crippen LogP contribution is -2.13. The number of aromatic amines is 1. The predicted octanol–water partition coefficient (Wildman–Crippen LogP) is 3.90. The molecule has 6 nitrogen and oxygen atoms in total. The van der Waals surface area contributed by atoms with Crippen molar-refractivity contribution < 1.29 is 9.53 Å². The number of methoxy groups -OCH3 is 1. The summed E-state index contributed by atoms with van der Waals surface area (Å²) in [7, 11) is 1.63. The summed E-state index contributed by atoms with van der Waals surface area (Å²) in [5.41, 5.74) is 3.33. The molecule has 0 bridgehead atoms. The molecule has 0 saturated carbocycles. The van der Waals surface area contributed by atoms with E-state index in [-0.39, 0.29) is 11.5 Å². The summed E-state index contributed by atoms with van der Waals surface area (Å²) >= 11 is 2.66. The predicted molar refractivity (Wildman–Crippen MR) is 111 cm³/mol. The number of anilines is 1. The first-order valence-electron chi connectivity index (χ1n) is 8.44. The molecular formula is C19H21N3O3S2. The molecule has 0 fully saturated rings. The number of ether oxygens (including phenoxy) is 1. The number of aromatic nitrogens is 2. The molecule has 27 heavy (non-hydrogen) atoms. The Hall–Kier alpha value is -2.16. The third-order valence-corrected chi connectivity index (χ3v) is 6.16. The molecule has 0 unspecified atom stereocenters. The zero-order valence-electron chi connectivity index (χ0n) is 15.6. The minimum atomic E-state index is -0.226. The first kappa shape index (κ1) is 19.6. The highest BCUT2D eigenvalue weighted by molar-refractivity contribution is 7.99. The quantitative estimate of drug-likeness (QED) is 0.370. The molecule has 0 radical (unpaired) electrons. The highest BCUT2D eigenvalue weighted by atomic mass is 32.2. The number of carbonyl (C=O) groups is 1. The van der Waals surface area contributed by atoms with Gasteiger partial charge in [-0.25, -0.2) is 4.98 Å². The summed E-state index contributed by atoms with van der Waals surface area (Å²) < 4.78 is 5.02. The molecule has 2 N–H and O–H groups in total. The first-order valence-corrected chi connectivity index (χ1v) is 10.2. The van der Waals surface area contributed by atoms with Gasteiger partial charge in [0.1, 0.15) is 4.83 Å². The van der Waals surface area contributed by atoms with E-state index in [0.29, 0.717) is 38.2 Å². The van der Waals surface area contributed by atoms with Crippen LogP contribution >= 0.6 is 23.1 Å². The molecule has 0 aliphatic rings. The minimum absolute atomic E-state index is 0.223. The van der Waals surface area contributed by atoms with Crippen molar-refractivity contribution >= 4 is 44.9 Å². The summed E-state index contributed by atoms with van der Waals surface area (Å²) in [6.07, 6.45) is 0. The molecule has 2 heterocycles. The van der Waals surface area contributed by atoms with E-state index in [1.165, 1.54) is 23.1 Å². The Morgan fingerprint density at radius 3 is 2.81 bits per heavy atom. The van der Waals surface area contributed by atoms with Gasteiger partial charge in [0.25, 0.3) is 11.5 Å². The maximum atomic E-state index is 12.8. The number of carbonyl (C=O) groups excluding carboxylic acids is 1. The maximum absolute atomic E-state index is 12.8. The number of fused-ring (bicyclic) bond motifs is 1. The molecule has 1 amide bonds. The number of thiophene rings is 1. The van der Waals surface area contributed by atoms with Crippen LogP contribution in [0.15, 0.2) is 28.2 Å². The minimum Gasteiger partial charge on any atom is -0.384 e. The Bertz CT molecular complexity index is 1060. The number of nitrogens with one attached hydrogen (secondary N) is 2. The van der Waals surface area contributed by atoms with Crippen molar-refractivity contribution in [2.24, 2.45) is 0 Å². The molecular weight excluding hydrogens is 382 g/mol. The highest BCUT2D eigenvalue weighted by Crippen LogP contribution is 2.29. The number of thioether (sulfide) groups is 1. The number of nitrogens with zero attached hydrogens (tertiary/aromatic N) is 1. The van der Waals surface area contributed by atoms with Crippen LogP contribution in [-0.4, -0.2) is 35.3 Å². The fraction of sp³-hybridized carbons (Fsp3) is 0.316. The number of benzene rings is 1. The molecule has 3 rings (SSSR count). The largest absolute Gasteiger partial charge is 0.384 e. The van der Waals surface area contributed by atoms with Gasteiger partial charge in [0, 0.05) is 18.6 Å². The van der Waals surface area contributed by atoms with Crippen LogP contribution in [0.25, 0.3) is 10.2 Å². The van der Waals surface area contributed by atoms with Crippen LogP contribution in [0.5, 0.6) is 0 Å². The molecule has 0 saturated heterocycles. The molecule has 0 atom stereocenters. The number of rotatable bonds is 6. The average molecular weight is 404 g/mol. The van der Waals surface area contributed by atoms with E-state index < -0.39 is 0 Å². The molecule has 3 aromatic rings. The Morgan fingerprint density at radius 2 is 2.11 bits per heavy atom. The standard InChI is InChI=1S/C19H21N3O3S2/c1-10-5-6-13(11(2)9-10)20-17(24)15-12(3)14-16(23)21-19(22-18(14)27-15)26-8-7-25-4/h5-6,9H,7-8H2,1-4H3,(H,20,24)(H,21,22,23). The van der Waals surface area contributed by atoms with Gasteiger partial charge in [-0.15, -0.1) is 11.3 Å². The topological polar surface area (TPSA) is 84.1 Å². The van der Waals surface area contributed by atoms with Gasteiger partial charge in [-0.05, 0) is 38.0 Å². The van der Waals surface area contributed by atoms with Gasteiger partial charge in [0.2, 0.25) is 0 Å². The second-order valence-electron chi connectivity index (χ2n) is 6.22. The van der Waals surface area contributed by atoms with Crippen LogP contribution < -0.4 is 10.9 Å². The summed E-state index contributed by atoms with van der Waals surface area (Å²) in [5, 5.41) is 3.95. The lowest BCUT2D eigenvalue weighted by atomic mass is 10.1. The van der Waals surface area contributed by atoms with Gasteiger partial charge in [0.05, 0.1) is 16.9 Å². The Kier molecular flexibility index (Phi) is 5.98. The third kappa shape index (κ3) is 4.23. The number of amides is 1. The van der Waals surface area contributed by atoms with Crippen molar-refractivity contribution in [2.75, 3.05) is 24.8 Å². The van der Waals surface area contributed by atoms with Crippen molar-refractivity contribution in [2.45, 2.75) is 25.9 Å². The Morgan fingerprint density at radius 1 is 1.33 bits per heavy atom. The molecule has 0 aliphatic heterocycles. The van der Waals surface area contributed by atoms with Crippen LogP contribution in [0.1, 0.15) is 26.4 Å².